The molecule has 18 heavy (non-hydrogen) atoms. The predicted molar refractivity (Wildman–Crippen MR) is 68.3 cm³/mol. The lowest BCUT2D eigenvalue weighted by molar-refractivity contribution is -0.122. The third-order valence-electron chi connectivity index (χ3n) is 3.92. The third-order valence-corrected chi connectivity index (χ3v) is 3.92. The van der Waals surface area contributed by atoms with E-state index < -0.39 is 0 Å². The van der Waals surface area contributed by atoms with E-state index in [4.69, 9.17) is 4.98 Å². The Hall–Kier alpha value is -1.36. The van der Waals surface area contributed by atoms with Crippen LogP contribution >= 0.6 is 0 Å². The first-order valence-corrected chi connectivity index (χ1v) is 6.86. The summed E-state index contributed by atoms with van der Waals surface area (Å²) in [4.78, 5) is 16.0. The van der Waals surface area contributed by atoms with E-state index in [9.17, 15) is 4.79 Å². The summed E-state index contributed by atoms with van der Waals surface area (Å²) in [5.74, 6) is 1.35. The number of fused-ring (bicyclic) bond motifs is 1. The van der Waals surface area contributed by atoms with Crippen molar-refractivity contribution in [3.8, 4) is 0 Å². The molecule has 0 bridgehead atoms. The number of rotatable bonds is 2. The second-order valence-corrected chi connectivity index (χ2v) is 5.07. The standard InChI is InChI=1S/C13H20N4O/c1-2-12-16-10-8-14-6-5-11(10)17(12)9-3-4-13(18)15-7-9/h9,14H,2-8H2,1H3,(H,15,18). The number of amides is 1. The summed E-state index contributed by atoms with van der Waals surface area (Å²) < 4.78 is 2.40. The molecule has 2 aliphatic rings. The number of hydrogen-bond donors (Lipinski definition) is 2. The van der Waals surface area contributed by atoms with Crippen molar-refractivity contribution in [3.05, 3.63) is 17.2 Å². The van der Waals surface area contributed by atoms with Crippen molar-refractivity contribution >= 4 is 5.91 Å². The first-order valence-electron chi connectivity index (χ1n) is 6.86. The fourth-order valence-electron chi connectivity index (χ4n) is 3.01. The van der Waals surface area contributed by atoms with Gasteiger partial charge in [0.1, 0.15) is 5.82 Å². The number of nitrogens with zero attached hydrogens (tertiary/aromatic N) is 2. The first kappa shape index (κ1) is 11.7. The van der Waals surface area contributed by atoms with Crippen molar-refractivity contribution in [2.24, 2.45) is 0 Å². The van der Waals surface area contributed by atoms with Crippen LogP contribution in [-0.4, -0.2) is 28.5 Å². The number of carbonyl (C=O) groups is 1. The largest absolute Gasteiger partial charge is 0.354 e. The van der Waals surface area contributed by atoms with Crippen LogP contribution in [0.2, 0.25) is 0 Å². The average Bonchev–Trinajstić information content (AvgIpc) is 2.78. The summed E-state index contributed by atoms with van der Waals surface area (Å²) in [6, 6.07) is 0.395. The van der Waals surface area contributed by atoms with Gasteiger partial charge >= 0.3 is 0 Å². The molecule has 1 saturated heterocycles. The van der Waals surface area contributed by atoms with Crippen molar-refractivity contribution in [1.82, 2.24) is 20.2 Å². The van der Waals surface area contributed by atoms with E-state index in [2.05, 4.69) is 22.1 Å². The molecule has 0 aromatic carbocycles. The summed E-state index contributed by atoms with van der Waals surface area (Å²) in [5, 5.41) is 6.35. The first-order chi connectivity index (χ1) is 8.79. The van der Waals surface area contributed by atoms with Crippen LogP contribution in [0.25, 0.3) is 0 Å². The number of piperidine rings is 1. The Morgan fingerprint density at radius 3 is 3.06 bits per heavy atom. The number of aryl methyl sites for hydroxylation is 1. The number of hydrogen-bond acceptors (Lipinski definition) is 3. The maximum Gasteiger partial charge on any atom is 0.220 e. The molecule has 1 aromatic heterocycles. The van der Waals surface area contributed by atoms with Crippen molar-refractivity contribution in [3.63, 3.8) is 0 Å². The highest BCUT2D eigenvalue weighted by Crippen LogP contribution is 2.25. The average molecular weight is 248 g/mol. The van der Waals surface area contributed by atoms with E-state index in [0.29, 0.717) is 12.5 Å². The Morgan fingerprint density at radius 1 is 1.44 bits per heavy atom. The summed E-state index contributed by atoms with van der Waals surface area (Å²) in [6.45, 7) is 4.82. The molecule has 1 amide bonds. The molecule has 1 fully saturated rings. The van der Waals surface area contributed by atoms with Crippen molar-refractivity contribution in [1.29, 1.82) is 0 Å². The van der Waals surface area contributed by atoms with Gasteiger partial charge < -0.3 is 15.2 Å². The van der Waals surface area contributed by atoms with Gasteiger partial charge in [0, 0.05) is 44.6 Å². The van der Waals surface area contributed by atoms with Gasteiger partial charge in [-0.1, -0.05) is 6.92 Å². The molecule has 98 valence electrons. The highest BCUT2D eigenvalue weighted by molar-refractivity contribution is 5.76. The van der Waals surface area contributed by atoms with Gasteiger partial charge in [-0.2, -0.15) is 0 Å². The fourth-order valence-corrected chi connectivity index (χ4v) is 3.01. The minimum Gasteiger partial charge on any atom is -0.354 e. The van der Waals surface area contributed by atoms with Gasteiger partial charge in [-0.25, -0.2) is 4.98 Å². The minimum atomic E-state index is 0.181. The second-order valence-electron chi connectivity index (χ2n) is 5.07. The van der Waals surface area contributed by atoms with Gasteiger partial charge in [0.15, 0.2) is 0 Å². The fraction of sp³-hybridized carbons (Fsp3) is 0.692. The lowest BCUT2D eigenvalue weighted by atomic mass is 10.0. The molecule has 3 heterocycles. The Kier molecular flexibility index (Phi) is 3.07. The minimum absolute atomic E-state index is 0.181. The van der Waals surface area contributed by atoms with Crippen molar-refractivity contribution in [2.45, 2.75) is 45.2 Å². The molecule has 1 atom stereocenters. The smallest absolute Gasteiger partial charge is 0.220 e. The summed E-state index contributed by atoms with van der Waals surface area (Å²) in [7, 11) is 0. The lowest BCUT2D eigenvalue weighted by Gasteiger charge is -2.28. The number of nitrogens with one attached hydrogen (secondary N) is 2. The van der Waals surface area contributed by atoms with E-state index in [0.717, 1.165) is 38.9 Å². The van der Waals surface area contributed by atoms with Crippen molar-refractivity contribution < 1.29 is 4.79 Å². The number of aromatic nitrogens is 2. The topological polar surface area (TPSA) is 59.0 Å². The van der Waals surface area contributed by atoms with E-state index in [-0.39, 0.29) is 5.91 Å². The van der Waals surface area contributed by atoms with Crippen LogP contribution in [0, 0.1) is 0 Å². The molecule has 0 saturated carbocycles. The molecule has 0 aliphatic carbocycles. The summed E-state index contributed by atoms with van der Waals surface area (Å²) in [5.41, 5.74) is 2.58. The lowest BCUT2D eigenvalue weighted by Crippen LogP contribution is -2.37. The number of carbonyl (C=O) groups excluding carboxylic acids is 1. The predicted octanol–water partition coefficient (Wildman–Crippen LogP) is 0.542. The molecular weight excluding hydrogens is 228 g/mol. The Morgan fingerprint density at radius 2 is 2.33 bits per heavy atom. The van der Waals surface area contributed by atoms with Crippen LogP contribution in [0.1, 0.15) is 43.0 Å². The van der Waals surface area contributed by atoms with Crippen LogP contribution in [-0.2, 0) is 24.2 Å². The zero-order valence-corrected chi connectivity index (χ0v) is 10.8. The molecule has 5 nitrogen and oxygen atoms in total. The molecular formula is C13H20N4O. The van der Waals surface area contributed by atoms with Crippen LogP contribution in [0.4, 0.5) is 0 Å². The van der Waals surface area contributed by atoms with Gasteiger partial charge in [-0.3, -0.25) is 4.79 Å². The normalized spacial score (nSPS) is 23.6. The molecule has 3 rings (SSSR count). The third kappa shape index (κ3) is 1.92. The van der Waals surface area contributed by atoms with Crippen LogP contribution in [0.15, 0.2) is 0 Å². The van der Waals surface area contributed by atoms with E-state index in [1.54, 1.807) is 0 Å². The Labute approximate surface area is 107 Å². The molecule has 1 aromatic rings. The second kappa shape index (κ2) is 4.72. The molecule has 0 spiro atoms. The highest BCUT2D eigenvalue weighted by atomic mass is 16.1. The van der Waals surface area contributed by atoms with Gasteiger partial charge in [-0.05, 0) is 6.42 Å². The maximum atomic E-state index is 11.3. The Bertz CT molecular complexity index is 456. The van der Waals surface area contributed by atoms with Crippen molar-refractivity contribution in [2.75, 3.05) is 13.1 Å². The van der Waals surface area contributed by atoms with Crippen LogP contribution < -0.4 is 10.6 Å². The van der Waals surface area contributed by atoms with Crippen LogP contribution in [0.3, 0.4) is 0 Å². The van der Waals surface area contributed by atoms with Gasteiger partial charge in [0.25, 0.3) is 0 Å². The SMILES string of the molecule is CCc1nc2c(n1C1CCC(=O)NC1)CCNC2. The molecule has 1 unspecified atom stereocenters. The van der Waals surface area contributed by atoms with Crippen LogP contribution in [0.5, 0.6) is 0 Å². The quantitative estimate of drug-likeness (QED) is 0.803. The summed E-state index contributed by atoms with van der Waals surface area (Å²) >= 11 is 0. The van der Waals surface area contributed by atoms with Gasteiger partial charge in [0.05, 0.1) is 11.7 Å². The van der Waals surface area contributed by atoms with Gasteiger partial charge in [0.2, 0.25) is 5.91 Å². The number of imidazole rings is 1. The molecule has 0 radical (unpaired) electrons. The zero-order chi connectivity index (χ0) is 12.5. The van der Waals surface area contributed by atoms with E-state index in [1.165, 1.54) is 17.2 Å². The zero-order valence-electron chi connectivity index (χ0n) is 10.8. The summed E-state index contributed by atoms with van der Waals surface area (Å²) in [6.07, 6.45) is 3.58. The van der Waals surface area contributed by atoms with E-state index in [1.807, 2.05) is 0 Å². The monoisotopic (exact) mass is 248 g/mol. The highest BCUT2D eigenvalue weighted by Gasteiger charge is 2.26. The molecule has 2 aliphatic heterocycles. The van der Waals surface area contributed by atoms with E-state index >= 15 is 0 Å². The van der Waals surface area contributed by atoms with Gasteiger partial charge in [-0.15, -0.1) is 0 Å². The molecule has 2 N–H and O–H groups in total. The molecule has 5 heteroatoms. The maximum absolute atomic E-state index is 11.3. The Balaban J connectivity index is 1.94.